The summed E-state index contributed by atoms with van der Waals surface area (Å²) >= 11 is 2.86. The summed E-state index contributed by atoms with van der Waals surface area (Å²) in [5, 5.41) is 1.22. The van der Waals surface area contributed by atoms with Gasteiger partial charge in [-0.1, -0.05) is 32.5 Å². The number of aromatic nitrogens is 2. The average molecular weight is 487 g/mol. The number of benzene rings is 1. The molecule has 8 heteroatoms. The Bertz CT molecular complexity index is 1220. The SMILES string of the molecule is CCOC(=O)CSc1nc2sc3c(c2c(=O)n1-c1ccc(OC)cc1)CC[C@H](C(C)(C)C)C3. The number of ether oxygens (including phenoxy) is 2. The van der Waals surface area contributed by atoms with Crippen LogP contribution in [0.4, 0.5) is 0 Å². The molecular formula is C25H30N2O4S2. The molecule has 0 amide bonds. The minimum atomic E-state index is -0.323. The molecule has 6 nitrogen and oxygen atoms in total. The Labute approximate surface area is 202 Å². The third-order valence-electron chi connectivity index (χ3n) is 6.23. The van der Waals surface area contributed by atoms with Crippen molar-refractivity contribution in [1.82, 2.24) is 9.55 Å². The second-order valence-corrected chi connectivity index (χ2v) is 11.3. The maximum absolute atomic E-state index is 13.9. The van der Waals surface area contributed by atoms with Crippen LogP contribution in [0, 0.1) is 11.3 Å². The van der Waals surface area contributed by atoms with Crippen molar-refractivity contribution in [3.8, 4) is 11.4 Å². The van der Waals surface area contributed by atoms with Crippen molar-refractivity contribution >= 4 is 39.3 Å². The van der Waals surface area contributed by atoms with Crippen molar-refractivity contribution in [2.75, 3.05) is 19.5 Å². The Kier molecular flexibility index (Phi) is 6.86. The van der Waals surface area contributed by atoms with Gasteiger partial charge in [-0.15, -0.1) is 11.3 Å². The van der Waals surface area contributed by atoms with Crippen LogP contribution < -0.4 is 10.3 Å². The fraction of sp³-hybridized carbons (Fsp3) is 0.480. The zero-order valence-corrected chi connectivity index (χ0v) is 21.4. The van der Waals surface area contributed by atoms with Gasteiger partial charge in [0.2, 0.25) is 0 Å². The maximum Gasteiger partial charge on any atom is 0.316 e. The van der Waals surface area contributed by atoms with Gasteiger partial charge in [0, 0.05) is 4.88 Å². The molecule has 2 heterocycles. The molecule has 1 aliphatic rings. The first-order valence-corrected chi connectivity index (χ1v) is 13.0. The number of nitrogens with zero attached hydrogens (tertiary/aromatic N) is 2. The summed E-state index contributed by atoms with van der Waals surface area (Å²) in [6.07, 6.45) is 2.95. The number of methoxy groups -OCH3 is 1. The van der Waals surface area contributed by atoms with Gasteiger partial charge in [0.1, 0.15) is 10.6 Å². The number of carbonyl (C=O) groups excluding carboxylic acids is 1. The molecule has 0 fully saturated rings. The standard InChI is InChI=1S/C25H30N2O4S2/c1-6-31-20(28)14-32-24-26-22-21(18-12-7-15(25(2,3)4)13-19(18)33-22)23(29)27(24)16-8-10-17(30-5)11-9-16/h8-11,15H,6-7,12-14H2,1-5H3/t15-/m0/s1. The lowest BCUT2D eigenvalue weighted by Crippen LogP contribution is -2.27. The molecule has 0 radical (unpaired) electrons. The van der Waals surface area contributed by atoms with Crippen molar-refractivity contribution in [2.45, 2.75) is 52.1 Å². The number of aryl methyl sites for hydroxylation is 1. The number of esters is 1. The molecule has 0 aliphatic heterocycles. The van der Waals surface area contributed by atoms with Gasteiger partial charge in [0.25, 0.3) is 5.56 Å². The van der Waals surface area contributed by atoms with Crippen LogP contribution in [-0.4, -0.2) is 35.0 Å². The molecule has 33 heavy (non-hydrogen) atoms. The van der Waals surface area contributed by atoms with E-state index in [2.05, 4.69) is 20.8 Å². The Balaban J connectivity index is 1.83. The second kappa shape index (κ2) is 9.50. The van der Waals surface area contributed by atoms with E-state index >= 15 is 0 Å². The van der Waals surface area contributed by atoms with E-state index in [9.17, 15) is 9.59 Å². The highest BCUT2D eigenvalue weighted by atomic mass is 32.2. The zero-order valence-electron chi connectivity index (χ0n) is 19.8. The van der Waals surface area contributed by atoms with E-state index in [1.54, 1.807) is 29.9 Å². The highest BCUT2D eigenvalue weighted by Gasteiger charge is 2.32. The maximum atomic E-state index is 13.9. The molecular weight excluding hydrogens is 456 g/mol. The van der Waals surface area contributed by atoms with E-state index in [1.165, 1.54) is 16.6 Å². The predicted molar refractivity (Wildman–Crippen MR) is 134 cm³/mol. The predicted octanol–water partition coefficient (Wildman–Crippen LogP) is 5.26. The molecule has 0 spiro atoms. The van der Waals surface area contributed by atoms with E-state index < -0.39 is 0 Å². The van der Waals surface area contributed by atoms with Crippen molar-refractivity contribution in [1.29, 1.82) is 0 Å². The van der Waals surface area contributed by atoms with E-state index in [4.69, 9.17) is 14.5 Å². The van der Waals surface area contributed by atoms with Crippen molar-refractivity contribution < 1.29 is 14.3 Å². The first-order valence-electron chi connectivity index (χ1n) is 11.2. The molecule has 0 unspecified atom stereocenters. The molecule has 4 rings (SSSR count). The third-order valence-corrected chi connectivity index (χ3v) is 8.29. The van der Waals surface area contributed by atoms with Crippen LogP contribution >= 0.6 is 23.1 Å². The third kappa shape index (κ3) is 4.82. The summed E-state index contributed by atoms with van der Waals surface area (Å²) in [7, 11) is 1.61. The summed E-state index contributed by atoms with van der Waals surface area (Å²) in [6.45, 7) is 8.96. The van der Waals surface area contributed by atoms with Gasteiger partial charge in [0.15, 0.2) is 5.16 Å². The van der Waals surface area contributed by atoms with Crippen LogP contribution in [0.2, 0.25) is 0 Å². The normalized spacial score (nSPS) is 16.0. The number of rotatable bonds is 6. The molecule has 2 aromatic heterocycles. The van der Waals surface area contributed by atoms with E-state index in [0.717, 1.165) is 35.0 Å². The Morgan fingerprint density at radius 1 is 1.27 bits per heavy atom. The molecule has 1 aliphatic carbocycles. The van der Waals surface area contributed by atoms with Crippen LogP contribution in [0.15, 0.2) is 34.2 Å². The van der Waals surface area contributed by atoms with Crippen LogP contribution in [0.5, 0.6) is 5.75 Å². The monoisotopic (exact) mass is 486 g/mol. The van der Waals surface area contributed by atoms with E-state index in [1.807, 2.05) is 24.3 Å². The summed E-state index contributed by atoms with van der Waals surface area (Å²) in [5.74, 6) is 1.07. The van der Waals surface area contributed by atoms with Gasteiger partial charge >= 0.3 is 5.97 Å². The van der Waals surface area contributed by atoms with Gasteiger partial charge in [-0.05, 0) is 67.3 Å². The van der Waals surface area contributed by atoms with Crippen molar-refractivity contribution in [3.05, 3.63) is 45.1 Å². The van der Waals surface area contributed by atoms with Gasteiger partial charge < -0.3 is 9.47 Å². The fourth-order valence-corrected chi connectivity index (χ4v) is 6.48. The molecule has 0 saturated carbocycles. The smallest absolute Gasteiger partial charge is 0.316 e. The van der Waals surface area contributed by atoms with Crippen LogP contribution in [0.1, 0.15) is 44.6 Å². The summed E-state index contributed by atoms with van der Waals surface area (Å²) in [4.78, 5) is 32.8. The van der Waals surface area contributed by atoms with Crippen LogP contribution in [-0.2, 0) is 22.4 Å². The van der Waals surface area contributed by atoms with Crippen LogP contribution in [0.25, 0.3) is 15.9 Å². The first kappa shape index (κ1) is 23.8. The number of thiophene rings is 1. The molecule has 3 aromatic rings. The molecule has 0 saturated heterocycles. The summed E-state index contributed by atoms with van der Waals surface area (Å²) < 4.78 is 12.0. The summed E-state index contributed by atoms with van der Waals surface area (Å²) in [6, 6.07) is 7.33. The van der Waals surface area contributed by atoms with Gasteiger partial charge in [-0.2, -0.15) is 0 Å². The lowest BCUT2D eigenvalue weighted by Gasteiger charge is -2.33. The van der Waals surface area contributed by atoms with Gasteiger partial charge in [0.05, 0.1) is 30.5 Å². The number of fused-ring (bicyclic) bond motifs is 3. The van der Waals surface area contributed by atoms with Crippen molar-refractivity contribution in [3.63, 3.8) is 0 Å². The molecule has 0 N–H and O–H groups in total. The summed E-state index contributed by atoms with van der Waals surface area (Å²) in [5.41, 5.74) is 2.00. The largest absolute Gasteiger partial charge is 0.497 e. The molecule has 1 atom stereocenters. The van der Waals surface area contributed by atoms with Gasteiger partial charge in [-0.3, -0.25) is 14.2 Å². The number of hydrogen-bond acceptors (Lipinski definition) is 7. The lowest BCUT2D eigenvalue weighted by atomic mass is 9.72. The minimum absolute atomic E-state index is 0.0803. The first-order chi connectivity index (χ1) is 15.7. The second-order valence-electron chi connectivity index (χ2n) is 9.32. The Morgan fingerprint density at radius 3 is 2.64 bits per heavy atom. The molecule has 1 aromatic carbocycles. The van der Waals surface area contributed by atoms with E-state index in [0.29, 0.717) is 29.1 Å². The quantitative estimate of drug-likeness (QED) is 0.269. The number of thioether (sulfide) groups is 1. The highest BCUT2D eigenvalue weighted by molar-refractivity contribution is 7.99. The Hall–Kier alpha value is -2.32. The van der Waals surface area contributed by atoms with Crippen molar-refractivity contribution in [2.24, 2.45) is 11.3 Å². The lowest BCUT2D eigenvalue weighted by molar-refractivity contribution is -0.139. The van der Waals surface area contributed by atoms with E-state index in [-0.39, 0.29) is 22.7 Å². The number of hydrogen-bond donors (Lipinski definition) is 0. The topological polar surface area (TPSA) is 70.4 Å². The highest BCUT2D eigenvalue weighted by Crippen LogP contribution is 2.42. The molecule has 0 bridgehead atoms. The minimum Gasteiger partial charge on any atom is -0.497 e. The van der Waals surface area contributed by atoms with Crippen LogP contribution in [0.3, 0.4) is 0 Å². The molecule has 176 valence electrons. The fourth-order valence-electron chi connectivity index (χ4n) is 4.33. The zero-order chi connectivity index (χ0) is 23.8. The van der Waals surface area contributed by atoms with Gasteiger partial charge in [-0.25, -0.2) is 4.98 Å². The Morgan fingerprint density at radius 2 is 2.00 bits per heavy atom. The number of carbonyl (C=O) groups is 1. The average Bonchev–Trinajstić information content (AvgIpc) is 3.15.